The van der Waals surface area contributed by atoms with Crippen LogP contribution in [0, 0.1) is 39.8 Å². The highest BCUT2D eigenvalue weighted by Gasteiger charge is 2.64. The third-order valence-electron chi connectivity index (χ3n) is 14.1. The standard InChI is InChI=1S/C49H62ClFN8O5/c1-29(2)30-12-14-38(35(23-30)36-28-57(7)44(61)42-34(36)15-16-53-42)64-40-10-8-9-39(41(40)51)62-22-21-58-17-19-59(20-18-58)47-54-26-32(27-55-47)43(60)56-45-48(3,4)46(49(45,5)6)63-33-13-11-31(25-52)37(50)24-33/h8-14,23-24,28-29,32,34,42,45-47,53-55H,15-22,26-27H2,1-7H3,(H,56,60). The number of fused-ring (bicyclic) bond motifs is 1. The first-order valence-electron chi connectivity index (χ1n) is 22.6. The van der Waals surface area contributed by atoms with Gasteiger partial charge >= 0.3 is 0 Å². The van der Waals surface area contributed by atoms with Crippen molar-refractivity contribution in [2.24, 2.45) is 22.7 Å². The number of ether oxygens (including phenoxy) is 3. The number of carbonyl (C=O) groups is 2. The lowest BCUT2D eigenvalue weighted by Crippen LogP contribution is -2.75. The van der Waals surface area contributed by atoms with E-state index in [0.29, 0.717) is 48.3 Å². The molecule has 0 spiro atoms. The maximum absolute atomic E-state index is 16.0. The Morgan fingerprint density at radius 1 is 0.984 bits per heavy atom. The Morgan fingerprint density at radius 2 is 1.70 bits per heavy atom. The van der Waals surface area contributed by atoms with Crippen molar-refractivity contribution in [2.75, 3.05) is 66.0 Å². The monoisotopic (exact) mass is 896 g/mol. The molecule has 0 bridgehead atoms. The number of likely N-dealkylation sites (N-methyl/N-ethyl adjacent to an activating group) is 1. The summed E-state index contributed by atoms with van der Waals surface area (Å²) in [6, 6.07) is 17.8. The van der Waals surface area contributed by atoms with E-state index < -0.39 is 5.82 Å². The van der Waals surface area contributed by atoms with Crippen molar-refractivity contribution < 1.29 is 28.2 Å². The normalized spacial score (nSPS) is 26.7. The number of amides is 2. The maximum Gasteiger partial charge on any atom is 0.244 e. The van der Waals surface area contributed by atoms with Crippen molar-refractivity contribution in [3.63, 3.8) is 0 Å². The highest BCUT2D eigenvalue weighted by atomic mass is 35.5. The number of benzene rings is 3. The van der Waals surface area contributed by atoms with Gasteiger partial charge in [0.25, 0.3) is 0 Å². The van der Waals surface area contributed by atoms with E-state index in [-0.39, 0.29) is 76.4 Å². The largest absolute Gasteiger partial charge is 0.489 e. The van der Waals surface area contributed by atoms with Gasteiger partial charge in [0.2, 0.25) is 17.6 Å². The zero-order chi connectivity index (χ0) is 45.5. The molecular formula is C49H62ClFN8O5. The van der Waals surface area contributed by atoms with Gasteiger partial charge in [-0.05, 0) is 66.4 Å². The number of nitriles is 1. The van der Waals surface area contributed by atoms with E-state index in [1.807, 2.05) is 18.3 Å². The molecule has 4 heterocycles. The summed E-state index contributed by atoms with van der Waals surface area (Å²) in [6.45, 7) is 18.8. The zero-order valence-corrected chi connectivity index (χ0v) is 38.7. The van der Waals surface area contributed by atoms with Gasteiger partial charge in [-0.1, -0.05) is 65.3 Å². The van der Waals surface area contributed by atoms with Gasteiger partial charge in [0.05, 0.1) is 22.5 Å². The highest BCUT2D eigenvalue weighted by molar-refractivity contribution is 6.31. The summed E-state index contributed by atoms with van der Waals surface area (Å²) >= 11 is 6.27. The lowest BCUT2D eigenvalue weighted by Gasteiger charge is -2.63. The number of hydrogen-bond donors (Lipinski definition) is 4. The molecule has 15 heteroatoms. The van der Waals surface area contributed by atoms with E-state index in [2.05, 4.69) is 84.7 Å². The van der Waals surface area contributed by atoms with Crippen LogP contribution in [0.25, 0.3) is 5.57 Å². The first kappa shape index (κ1) is 45.8. The SMILES string of the molecule is CC(C)c1ccc(Oc2cccc(OCCN3CCN(C4NCC(C(=O)NC5C(C)(C)C(Oc6ccc(C#N)c(Cl)c6)C5(C)C)CN4)CC3)c2F)c(C2=CN(C)C(=O)C3NCCC23)c1. The maximum atomic E-state index is 16.0. The summed E-state index contributed by atoms with van der Waals surface area (Å²) in [5, 5.41) is 23.4. The molecule has 1 saturated carbocycles. The molecule has 2 unspecified atom stereocenters. The molecule has 1 aliphatic carbocycles. The van der Waals surface area contributed by atoms with Crippen LogP contribution in [0.1, 0.15) is 70.6 Å². The van der Waals surface area contributed by atoms with Crippen molar-refractivity contribution in [3.8, 4) is 29.1 Å². The molecule has 8 rings (SSSR count). The Bertz CT molecular complexity index is 2280. The van der Waals surface area contributed by atoms with Crippen LogP contribution in [0.15, 0.2) is 60.8 Å². The molecule has 2 amide bonds. The average Bonchev–Trinajstić information content (AvgIpc) is 3.78. The lowest BCUT2D eigenvalue weighted by atomic mass is 9.49. The van der Waals surface area contributed by atoms with E-state index in [4.69, 9.17) is 25.8 Å². The quantitative estimate of drug-likeness (QED) is 0.157. The Hall–Kier alpha value is -4.75. The van der Waals surface area contributed by atoms with E-state index >= 15 is 4.39 Å². The molecule has 4 aliphatic heterocycles. The molecule has 64 heavy (non-hydrogen) atoms. The molecular weight excluding hydrogens is 835 g/mol. The third kappa shape index (κ3) is 9.08. The van der Waals surface area contributed by atoms with Gasteiger partial charge in [0.1, 0.15) is 36.6 Å². The molecule has 342 valence electrons. The van der Waals surface area contributed by atoms with Crippen LogP contribution in [0.4, 0.5) is 4.39 Å². The molecule has 2 atom stereocenters. The van der Waals surface area contributed by atoms with Crippen molar-refractivity contribution in [1.29, 1.82) is 5.26 Å². The van der Waals surface area contributed by atoms with Gasteiger partial charge in [-0.3, -0.25) is 30.0 Å². The molecule has 5 aliphatic rings. The molecule has 4 fully saturated rings. The van der Waals surface area contributed by atoms with Gasteiger partial charge in [-0.25, -0.2) is 0 Å². The van der Waals surface area contributed by atoms with Crippen LogP contribution in [-0.2, 0) is 9.59 Å². The second kappa shape index (κ2) is 18.6. The predicted octanol–water partition coefficient (Wildman–Crippen LogP) is 6.14. The summed E-state index contributed by atoms with van der Waals surface area (Å²) in [5.41, 5.74) is 2.73. The van der Waals surface area contributed by atoms with E-state index in [0.717, 1.165) is 55.8 Å². The molecule has 3 saturated heterocycles. The average molecular weight is 898 g/mol. The van der Waals surface area contributed by atoms with Crippen molar-refractivity contribution >= 4 is 29.0 Å². The van der Waals surface area contributed by atoms with Crippen LogP contribution in [0.2, 0.25) is 5.02 Å². The van der Waals surface area contributed by atoms with Crippen LogP contribution >= 0.6 is 11.6 Å². The van der Waals surface area contributed by atoms with E-state index in [1.54, 1.807) is 48.3 Å². The highest BCUT2D eigenvalue weighted by Crippen LogP contribution is 2.55. The predicted molar refractivity (Wildman–Crippen MR) is 245 cm³/mol. The molecule has 0 radical (unpaired) electrons. The zero-order valence-electron chi connectivity index (χ0n) is 38.0. The first-order chi connectivity index (χ1) is 30.6. The number of rotatable bonds is 13. The summed E-state index contributed by atoms with van der Waals surface area (Å²) in [5.74, 6) is 0.928. The molecule has 3 aromatic carbocycles. The molecule has 4 N–H and O–H groups in total. The fourth-order valence-electron chi connectivity index (χ4n) is 10.7. The molecule has 0 aromatic heterocycles. The first-order valence-corrected chi connectivity index (χ1v) is 23.0. The minimum Gasteiger partial charge on any atom is -0.489 e. The fourth-order valence-corrected chi connectivity index (χ4v) is 10.9. The minimum atomic E-state index is -0.554. The van der Waals surface area contributed by atoms with E-state index in [9.17, 15) is 14.9 Å². The van der Waals surface area contributed by atoms with Gasteiger partial charge in [-0.15, -0.1) is 0 Å². The Labute approximate surface area is 381 Å². The number of carbonyl (C=O) groups excluding carboxylic acids is 2. The van der Waals surface area contributed by atoms with Crippen LogP contribution in [0.3, 0.4) is 0 Å². The van der Waals surface area contributed by atoms with Gasteiger partial charge in [0.15, 0.2) is 11.5 Å². The minimum absolute atomic E-state index is 0.00923. The van der Waals surface area contributed by atoms with Crippen LogP contribution in [-0.4, -0.2) is 117 Å². The van der Waals surface area contributed by atoms with Crippen LogP contribution < -0.4 is 35.5 Å². The number of halogens is 2. The van der Waals surface area contributed by atoms with Crippen LogP contribution in [0.5, 0.6) is 23.0 Å². The fraction of sp³-hybridized carbons (Fsp3) is 0.531. The number of hydrogen-bond acceptors (Lipinski definition) is 11. The smallest absolute Gasteiger partial charge is 0.244 e. The second-order valence-corrected chi connectivity index (χ2v) is 19.8. The lowest BCUT2D eigenvalue weighted by molar-refractivity contribution is -0.174. The summed E-state index contributed by atoms with van der Waals surface area (Å²) < 4.78 is 34.8. The summed E-state index contributed by atoms with van der Waals surface area (Å²) in [7, 11) is 1.78. The number of piperazine rings is 1. The topological polar surface area (TPSA) is 143 Å². The van der Waals surface area contributed by atoms with Gasteiger partial charge in [0, 0.05) is 93.5 Å². The second-order valence-electron chi connectivity index (χ2n) is 19.4. The molecule has 3 aromatic rings. The van der Waals surface area contributed by atoms with Crippen molar-refractivity contribution in [1.82, 2.24) is 36.0 Å². The Morgan fingerprint density at radius 3 is 2.39 bits per heavy atom. The number of nitrogens with one attached hydrogen (secondary N) is 4. The summed E-state index contributed by atoms with van der Waals surface area (Å²) in [6.07, 6.45) is 2.53. The number of nitrogens with zero attached hydrogens (tertiary/aromatic N) is 4. The summed E-state index contributed by atoms with van der Waals surface area (Å²) in [4.78, 5) is 32.8. The Balaban J connectivity index is 0.795. The van der Waals surface area contributed by atoms with Gasteiger partial charge < -0.3 is 29.7 Å². The van der Waals surface area contributed by atoms with Gasteiger partial charge in [-0.2, -0.15) is 9.65 Å². The Kier molecular flexibility index (Phi) is 13.3. The molecule has 13 nitrogen and oxygen atoms in total. The van der Waals surface area contributed by atoms with E-state index in [1.165, 1.54) is 0 Å². The van der Waals surface area contributed by atoms with Crippen molar-refractivity contribution in [2.45, 2.75) is 78.4 Å². The third-order valence-corrected chi connectivity index (χ3v) is 14.4. The van der Waals surface area contributed by atoms with Crippen molar-refractivity contribution in [3.05, 3.63) is 88.3 Å².